The van der Waals surface area contributed by atoms with Gasteiger partial charge in [0.25, 0.3) is 0 Å². The van der Waals surface area contributed by atoms with Crippen LogP contribution in [-0.2, 0) is 5.41 Å². The Kier molecular flexibility index (Phi) is 4.26. The second-order valence-electron chi connectivity index (χ2n) is 12.9. The van der Waals surface area contributed by atoms with Gasteiger partial charge in [0.2, 0.25) is 0 Å². The molecule has 50 heavy (non-hydrogen) atoms. The zero-order valence-corrected chi connectivity index (χ0v) is 27.0. The summed E-state index contributed by atoms with van der Waals surface area (Å²) in [6.07, 6.45) is 0. The number of furan rings is 1. The van der Waals surface area contributed by atoms with Crippen LogP contribution in [0.25, 0.3) is 88.9 Å². The third-order valence-corrected chi connectivity index (χ3v) is 9.62. The summed E-state index contributed by atoms with van der Waals surface area (Å²) in [6, 6.07) is 23.6. The van der Waals surface area contributed by atoms with Crippen molar-refractivity contribution in [2.24, 2.45) is 0 Å². The Morgan fingerprint density at radius 2 is 1.24 bits per heavy atom. The zero-order chi connectivity index (χ0) is 43.0. The first-order chi connectivity index (χ1) is 29.1. The molecule has 0 saturated heterocycles. The van der Waals surface area contributed by atoms with Crippen LogP contribution in [0.15, 0.2) is 162 Å². The number of nitrogens with zero attached hydrogens (tertiary/aromatic N) is 2. The average molecular weight is 652 g/mol. The van der Waals surface area contributed by atoms with Gasteiger partial charge in [-0.2, -0.15) is 0 Å². The summed E-state index contributed by atoms with van der Waals surface area (Å²) in [5.41, 5.74) is 4.50. The van der Waals surface area contributed by atoms with Gasteiger partial charge >= 0.3 is 0 Å². The Morgan fingerprint density at radius 3 is 2.08 bits per heavy atom. The van der Waals surface area contributed by atoms with Crippen LogP contribution >= 0.6 is 0 Å². The molecule has 9 aromatic rings. The first-order valence-electron chi connectivity index (χ1n) is 21.8. The first kappa shape index (κ1) is 19.6. The molecule has 7 aromatic carbocycles. The van der Waals surface area contributed by atoms with Gasteiger partial charge in [0.1, 0.15) is 11.2 Å². The predicted molar refractivity (Wildman–Crippen MR) is 206 cm³/mol. The van der Waals surface area contributed by atoms with Gasteiger partial charge in [-0.05, 0) is 80.5 Å². The molecular weight excluding hydrogens is 609 g/mol. The van der Waals surface area contributed by atoms with Crippen molar-refractivity contribution in [3.05, 3.63) is 169 Å². The lowest BCUT2D eigenvalue weighted by Crippen LogP contribution is -2.14. The van der Waals surface area contributed by atoms with E-state index < -0.39 is 77.6 Å². The standard InChI is InChI=1S/C47H32N2O/c1-47(2)39-17-10-16-36(45(39)38-26-32-13-6-7-14-33(32)27-40(38)47)42-28-41(48-46(49-42)31-11-4-3-5-12-31)30-21-19-29(20-22-30)34-23-24-44-37(25-34)35-15-8-9-18-43(35)50-44/h3-28H,1-2H3/i8D,9D,15D,18D,19D,20D,21D,22D,23D,24D,25D. The Bertz CT molecular complexity index is 3390. The van der Waals surface area contributed by atoms with E-state index >= 15 is 0 Å². The highest BCUT2D eigenvalue weighted by molar-refractivity contribution is 6.06. The first-order valence-corrected chi connectivity index (χ1v) is 16.3. The van der Waals surface area contributed by atoms with Gasteiger partial charge in [-0.1, -0.05) is 135 Å². The number of benzene rings is 7. The largest absolute Gasteiger partial charge is 0.456 e. The molecule has 2 aromatic heterocycles. The molecule has 0 amide bonds. The minimum Gasteiger partial charge on any atom is -0.456 e. The molecule has 236 valence electrons. The van der Waals surface area contributed by atoms with Crippen LogP contribution in [0, 0.1) is 0 Å². The van der Waals surface area contributed by atoms with Crippen molar-refractivity contribution < 1.29 is 19.5 Å². The van der Waals surface area contributed by atoms with Crippen molar-refractivity contribution in [2.75, 3.05) is 0 Å². The third-order valence-electron chi connectivity index (χ3n) is 9.62. The lowest BCUT2D eigenvalue weighted by atomic mass is 9.81. The summed E-state index contributed by atoms with van der Waals surface area (Å²) in [5.74, 6) is 0.296. The van der Waals surface area contributed by atoms with Crippen molar-refractivity contribution in [2.45, 2.75) is 19.3 Å². The summed E-state index contributed by atoms with van der Waals surface area (Å²) >= 11 is 0. The number of aromatic nitrogens is 2. The zero-order valence-electron chi connectivity index (χ0n) is 38.0. The van der Waals surface area contributed by atoms with E-state index in [0.717, 1.165) is 33.0 Å². The van der Waals surface area contributed by atoms with Crippen LogP contribution < -0.4 is 0 Å². The minimum atomic E-state index is -0.620. The Labute approximate surface area is 306 Å². The number of hydrogen-bond acceptors (Lipinski definition) is 3. The third kappa shape index (κ3) is 4.44. The molecule has 0 spiro atoms. The normalized spacial score (nSPS) is 16.2. The van der Waals surface area contributed by atoms with Crippen LogP contribution in [0.4, 0.5) is 0 Å². The van der Waals surface area contributed by atoms with Gasteiger partial charge in [-0.15, -0.1) is 0 Å². The fourth-order valence-corrected chi connectivity index (χ4v) is 7.11. The molecule has 1 aliphatic carbocycles. The highest BCUT2D eigenvalue weighted by Crippen LogP contribution is 2.53. The lowest BCUT2D eigenvalue weighted by molar-refractivity contribution is 0.661. The van der Waals surface area contributed by atoms with Crippen LogP contribution in [-0.4, -0.2) is 9.97 Å². The van der Waals surface area contributed by atoms with Crippen LogP contribution in [0.1, 0.15) is 40.1 Å². The maximum absolute atomic E-state index is 9.39. The molecule has 0 radical (unpaired) electrons. The molecule has 2 heterocycles. The molecule has 0 atom stereocenters. The monoisotopic (exact) mass is 651 g/mol. The van der Waals surface area contributed by atoms with Gasteiger partial charge in [-0.25, -0.2) is 9.97 Å². The van der Waals surface area contributed by atoms with Crippen LogP contribution in [0.2, 0.25) is 0 Å². The van der Waals surface area contributed by atoms with Gasteiger partial charge in [0.15, 0.2) is 5.82 Å². The molecule has 10 rings (SSSR count). The van der Waals surface area contributed by atoms with Gasteiger partial charge < -0.3 is 4.42 Å². The second kappa shape index (κ2) is 10.8. The van der Waals surface area contributed by atoms with Crippen molar-refractivity contribution in [3.63, 3.8) is 0 Å². The molecule has 1 aliphatic rings. The number of fused-ring (bicyclic) bond motifs is 7. The summed E-state index contributed by atoms with van der Waals surface area (Å²) in [6.45, 7) is 4.39. The molecule has 0 aliphatic heterocycles. The second-order valence-corrected chi connectivity index (χ2v) is 12.9. The van der Waals surface area contributed by atoms with E-state index in [1.54, 1.807) is 6.07 Å². The van der Waals surface area contributed by atoms with E-state index in [0.29, 0.717) is 17.1 Å². The van der Waals surface area contributed by atoms with E-state index in [1.165, 1.54) is 5.56 Å². The fraction of sp³-hybridized carbons (Fsp3) is 0.0638. The fourth-order valence-electron chi connectivity index (χ4n) is 7.11. The van der Waals surface area contributed by atoms with E-state index in [1.807, 2.05) is 54.6 Å². The molecule has 0 saturated carbocycles. The predicted octanol–water partition coefficient (Wildman–Crippen LogP) is 12.5. The number of rotatable bonds is 4. The molecule has 0 bridgehead atoms. The van der Waals surface area contributed by atoms with Gasteiger partial charge in [0, 0.05) is 32.9 Å². The molecule has 3 heteroatoms. The summed E-state index contributed by atoms with van der Waals surface area (Å²) < 4.78 is 104. The highest BCUT2D eigenvalue weighted by atomic mass is 16.3. The topological polar surface area (TPSA) is 38.9 Å². The van der Waals surface area contributed by atoms with Crippen molar-refractivity contribution in [1.82, 2.24) is 9.97 Å². The molecule has 0 unspecified atom stereocenters. The lowest BCUT2D eigenvalue weighted by Gasteiger charge is -2.22. The Morgan fingerprint density at radius 1 is 0.540 bits per heavy atom. The number of hydrogen-bond donors (Lipinski definition) is 0. The van der Waals surface area contributed by atoms with E-state index in [2.05, 4.69) is 44.2 Å². The average Bonchev–Trinajstić information content (AvgIpc) is 3.78. The van der Waals surface area contributed by atoms with Crippen molar-refractivity contribution in [1.29, 1.82) is 0 Å². The summed E-state index contributed by atoms with van der Waals surface area (Å²) in [7, 11) is 0. The molecule has 3 nitrogen and oxygen atoms in total. The van der Waals surface area contributed by atoms with E-state index in [-0.39, 0.29) is 38.6 Å². The molecular formula is C47H32N2O. The van der Waals surface area contributed by atoms with Gasteiger partial charge in [-0.3, -0.25) is 0 Å². The number of para-hydroxylation sites is 1. The minimum absolute atomic E-state index is 0.117. The Balaban J connectivity index is 1.22. The molecule has 0 fully saturated rings. The van der Waals surface area contributed by atoms with Gasteiger partial charge in [0.05, 0.1) is 26.5 Å². The quantitative estimate of drug-likeness (QED) is 0.190. The maximum Gasteiger partial charge on any atom is 0.160 e. The Hall–Kier alpha value is -6.32. The smallest absolute Gasteiger partial charge is 0.160 e. The van der Waals surface area contributed by atoms with Crippen molar-refractivity contribution >= 4 is 32.7 Å². The van der Waals surface area contributed by atoms with Crippen LogP contribution in [0.5, 0.6) is 0 Å². The SMILES string of the molecule is [2H]c1c([2H])c(-c2c([2H])c([2H])c3oc4c([2H])c([2H])c([2H])c([2H])c4c3c2[2H])c([2H])c([2H])c1-c1cc(-c2cccc3c2-c2cc4ccccc4cc2C3(C)C)nc(-c2ccccc2)n1. The summed E-state index contributed by atoms with van der Waals surface area (Å²) in [5, 5.41) is 1.85. The van der Waals surface area contributed by atoms with Crippen LogP contribution in [0.3, 0.4) is 0 Å². The maximum atomic E-state index is 9.39. The highest BCUT2D eigenvalue weighted by Gasteiger charge is 2.37. The molecule has 0 N–H and O–H groups in total. The summed E-state index contributed by atoms with van der Waals surface area (Å²) in [4.78, 5) is 9.93. The van der Waals surface area contributed by atoms with E-state index in [4.69, 9.17) is 22.6 Å². The van der Waals surface area contributed by atoms with E-state index in [9.17, 15) is 6.85 Å². The van der Waals surface area contributed by atoms with Crippen molar-refractivity contribution in [3.8, 4) is 56.2 Å².